The summed E-state index contributed by atoms with van der Waals surface area (Å²) in [5, 5.41) is 14.0. The second-order valence-electron chi connectivity index (χ2n) is 13.6. The molecule has 1 aliphatic carbocycles. The highest BCUT2D eigenvalue weighted by atomic mass is 32.2. The second kappa shape index (κ2) is 18.7. The van der Waals surface area contributed by atoms with Crippen LogP contribution in [0, 0.1) is 5.92 Å². The molecule has 14 heteroatoms. The summed E-state index contributed by atoms with van der Waals surface area (Å²) < 4.78 is 35.1. The number of amides is 1. The van der Waals surface area contributed by atoms with E-state index in [0.717, 1.165) is 84.4 Å². The molecule has 0 spiro atoms. The highest BCUT2D eigenvalue weighted by Gasteiger charge is 2.37. The van der Waals surface area contributed by atoms with E-state index in [1.807, 2.05) is 51.5 Å². The highest BCUT2D eigenvalue weighted by molar-refractivity contribution is 7.99. The summed E-state index contributed by atoms with van der Waals surface area (Å²) in [7, 11) is 1.69. The Morgan fingerprint density at radius 1 is 1.10 bits per heavy atom. The number of nitrogens with two attached hydrogens (primary N) is 1. The normalized spacial score (nSPS) is 17.3. The molecular formula is C36H54N5O6S3+. The molecule has 7 N–H and O–H groups in total. The first-order valence-electron chi connectivity index (χ1n) is 17.3. The third-order valence-electron chi connectivity index (χ3n) is 9.81. The lowest BCUT2D eigenvalue weighted by atomic mass is 9.77. The number of sulfonamides is 1. The highest BCUT2D eigenvalue weighted by Crippen LogP contribution is 2.39. The van der Waals surface area contributed by atoms with Gasteiger partial charge in [0.15, 0.2) is 10.7 Å². The second-order valence-corrected chi connectivity index (χ2v) is 17.7. The van der Waals surface area contributed by atoms with Crippen LogP contribution in [0.15, 0.2) is 69.8 Å². The molecule has 2 aromatic carbocycles. The number of hydrogen-bond acceptors (Lipinski definition) is 10. The minimum absolute atomic E-state index is 0. The molecule has 0 bridgehead atoms. The lowest BCUT2D eigenvalue weighted by molar-refractivity contribution is -0.825. The molecule has 2 heterocycles. The van der Waals surface area contributed by atoms with Gasteiger partial charge >= 0.3 is 0 Å². The minimum atomic E-state index is -4.19. The Morgan fingerprint density at radius 2 is 1.78 bits per heavy atom. The van der Waals surface area contributed by atoms with Gasteiger partial charge in [0.2, 0.25) is 0 Å². The van der Waals surface area contributed by atoms with Crippen LogP contribution in [0.4, 0.5) is 16.4 Å². The SMILES string of the molecule is COC1(CC2CCCCC2)CCN(c2ccc(C(=O)NS(=O)(=O)c3cc([NH2+]O)c(N[C@H](CCN(C)C)CSc4ccccc4)s3)cc2)CC1.O. The zero-order valence-corrected chi connectivity index (χ0v) is 31.8. The first-order valence-corrected chi connectivity index (χ1v) is 20.6. The van der Waals surface area contributed by atoms with Crippen molar-refractivity contribution in [2.75, 3.05) is 56.8 Å². The van der Waals surface area contributed by atoms with E-state index in [4.69, 9.17) is 4.74 Å². The van der Waals surface area contributed by atoms with E-state index in [-0.39, 0.29) is 26.9 Å². The van der Waals surface area contributed by atoms with Gasteiger partial charge in [0.1, 0.15) is 4.21 Å². The van der Waals surface area contributed by atoms with E-state index < -0.39 is 15.9 Å². The molecule has 11 nitrogen and oxygen atoms in total. The fraction of sp³-hybridized carbons (Fsp3) is 0.528. The largest absolute Gasteiger partial charge is 0.412 e. The maximum Gasteiger partial charge on any atom is 0.274 e. The van der Waals surface area contributed by atoms with Crippen LogP contribution >= 0.6 is 23.1 Å². The van der Waals surface area contributed by atoms with Crippen LogP contribution in [0.2, 0.25) is 0 Å². The number of carbonyl (C=O) groups excluding carboxylic acids is 1. The number of hydrogen-bond donors (Lipinski definition) is 4. The fourth-order valence-corrected chi connectivity index (χ4v) is 10.3. The van der Waals surface area contributed by atoms with Crippen molar-refractivity contribution in [3.8, 4) is 0 Å². The summed E-state index contributed by atoms with van der Waals surface area (Å²) >= 11 is 2.72. The van der Waals surface area contributed by atoms with Crippen molar-refractivity contribution < 1.29 is 34.1 Å². The Balaban J connectivity index is 0.00000562. The topological polar surface area (TPSA) is 159 Å². The summed E-state index contributed by atoms with van der Waals surface area (Å²) in [6.45, 7) is 2.59. The summed E-state index contributed by atoms with van der Waals surface area (Å²) in [5.41, 5.74) is 2.47. The van der Waals surface area contributed by atoms with E-state index >= 15 is 0 Å². The van der Waals surface area contributed by atoms with E-state index in [1.165, 1.54) is 38.2 Å². The quantitative estimate of drug-likeness (QED) is 0.115. The number of thiophene rings is 1. The van der Waals surface area contributed by atoms with Crippen molar-refractivity contribution in [3.05, 3.63) is 66.2 Å². The average molecular weight is 749 g/mol. The molecule has 3 aromatic rings. The van der Waals surface area contributed by atoms with Gasteiger partial charge in [-0.2, -0.15) is 5.48 Å². The van der Waals surface area contributed by atoms with Crippen LogP contribution in [0.5, 0.6) is 0 Å². The summed E-state index contributed by atoms with van der Waals surface area (Å²) in [6, 6.07) is 18.6. The number of rotatable bonds is 16. The predicted molar refractivity (Wildman–Crippen MR) is 203 cm³/mol. The third-order valence-corrected chi connectivity index (χ3v) is 13.9. The molecule has 1 atom stereocenters. The van der Waals surface area contributed by atoms with E-state index in [2.05, 4.69) is 32.0 Å². The predicted octanol–water partition coefficient (Wildman–Crippen LogP) is 5.11. The number of ether oxygens (including phenoxy) is 1. The van der Waals surface area contributed by atoms with Gasteiger partial charge in [-0.1, -0.05) is 61.6 Å². The Kier molecular flexibility index (Phi) is 15.0. The molecule has 276 valence electrons. The molecule has 0 unspecified atom stereocenters. The molecule has 0 radical (unpaired) electrons. The Bertz CT molecular complexity index is 1590. The molecule has 2 fully saturated rings. The van der Waals surface area contributed by atoms with Gasteiger partial charge in [-0.3, -0.25) is 4.79 Å². The van der Waals surface area contributed by atoms with Crippen LogP contribution < -0.4 is 20.4 Å². The number of carbonyl (C=O) groups is 1. The van der Waals surface area contributed by atoms with Gasteiger partial charge in [-0.15, -0.1) is 11.8 Å². The van der Waals surface area contributed by atoms with Gasteiger partial charge in [0.05, 0.1) is 5.60 Å². The van der Waals surface area contributed by atoms with Crippen molar-refractivity contribution >= 4 is 55.4 Å². The molecular weight excluding hydrogens is 695 g/mol. The Morgan fingerprint density at radius 3 is 2.40 bits per heavy atom. The van der Waals surface area contributed by atoms with Crippen molar-refractivity contribution in [2.24, 2.45) is 5.92 Å². The number of piperidine rings is 1. The molecule has 2 aliphatic rings. The van der Waals surface area contributed by atoms with Gasteiger partial charge < -0.3 is 25.3 Å². The Labute approximate surface area is 305 Å². The molecule has 50 heavy (non-hydrogen) atoms. The Hall–Kier alpha value is -2.69. The van der Waals surface area contributed by atoms with Crippen LogP contribution in [0.25, 0.3) is 0 Å². The fourth-order valence-electron chi connectivity index (χ4n) is 6.87. The zero-order chi connectivity index (χ0) is 34.9. The summed E-state index contributed by atoms with van der Waals surface area (Å²) in [6.07, 6.45) is 10.5. The first-order chi connectivity index (χ1) is 23.6. The lowest BCUT2D eigenvalue weighted by Crippen LogP contribution is -2.73. The van der Waals surface area contributed by atoms with Crippen LogP contribution in [0.1, 0.15) is 68.1 Å². The maximum atomic E-state index is 13.4. The summed E-state index contributed by atoms with van der Waals surface area (Å²) in [5.74, 6) is 0.811. The molecule has 1 saturated heterocycles. The van der Waals surface area contributed by atoms with Crippen LogP contribution in [-0.2, 0) is 14.8 Å². The maximum absolute atomic E-state index is 13.4. The molecule has 1 saturated carbocycles. The van der Waals surface area contributed by atoms with Crippen molar-refractivity contribution in [2.45, 2.75) is 78.5 Å². The van der Waals surface area contributed by atoms with Gasteiger partial charge in [0.25, 0.3) is 15.9 Å². The van der Waals surface area contributed by atoms with Crippen LogP contribution in [0.3, 0.4) is 0 Å². The third kappa shape index (κ3) is 10.9. The number of nitrogens with one attached hydrogen (secondary N) is 2. The first kappa shape index (κ1) is 40.1. The molecule has 1 aliphatic heterocycles. The van der Waals surface area contributed by atoms with Crippen molar-refractivity contribution in [1.29, 1.82) is 0 Å². The lowest BCUT2D eigenvalue weighted by Gasteiger charge is -2.44. The standard InChI is InChI=1S/C36H51N5O5S3.H2O/c1-40(2)21-18-29(26-47-31-12-8-5-9-13-31)37-35-32(38-43)24-33(48-35)49(44,45)39-34(42)28-14-16-30(17-15-28)41-22-19-36(46-3,20-23-41)25-27-10-6-4-7-11-27;/h5,8-9,12-17,24,27,29,37-38,43H,4,6-7,10-11,18-23,25-26H2,1-3H3,(H,39,42);1H2/p+1/t29-;/m1./s1. The minimum Gasteiger partial charge on any atom is -0.412 e. The molecule has 1 amide bonds. The van der Waals surface area contributed by atoms with Crippen molar-refractivity contribution in [3.63, 3.8) is 0 Å². The monoisotopic (exact) mass is 748 g/mol. The van der Waals surface area contributed by atoms with E-state index in [1.54, 1.807) is 23.9 Å². The number of methoxy groups -OCH3 is 1. The van der Waals surface area contributed by atoms with E-state index in [9.17, 15) is 18.4 Å². The van der Waals surface area contributed by atoms with Crippen molar-refractivity contribution in [1.82, 2.24) is 9.62 Å². The van der Waals surface area contributed by atoms with Crippen LogP contribution in [-0.4, -0.2) is 88.1 Å². The number of quaternary nitrogens is 1. The smallest absolute Gasteiger partial charge is 0.274 e. The van der Waals surface area contributed by atoms with E-state index in [0.29, 0.717) is 10.7 Å². The average Bonchev–Trinajstić information content (AvgIpc) is 3.54. The molecule has 5 rings (SSSR count). The van der Waals surface area contributed by atoms with Gasteiger partial charge in [-0.05, 0) is 88.6 Å². The number of anilines is 2. The summed E-state index contributed by atoms with van der Waals surface area (Å²) in [4.78, 5) is 18.7. The van der Waals surface area contributed by atoms with Gasteiger partial charge in [-0.25, -0.2) is 18.3 Å². The molecule has 1 aromatic heterocycles. The van der Waals surface area contributed by atoms with Gasteiger partial charge in [0, 0.05) is 54.2 Å². The number of thioether (sulfide) groups is 1. The number of nitrogens with zero attached hydrogens (tertiary/aromatic N) is 2. The zero-order valence-electron chi connectivity index (χ0n) is 29.4. The number of benzene rings is 2.